The lowest BCUT2D eigenvalue weighted by molar-refractivity contribution is 0.686. The first-order valence-corrected chi connectivity index (χ1v) is 10.8. The minimum absolute atomic E-state index is 0.882. The molecule has 0 unspecified atom stereocenters. The molecule has 1 aliphatic carbocycles. The van der Waals surface area contributed by atoms with Crippen LogP contribution in [0.2, 0.25) is 0 Å². The third-order valence-electron chi connectivity index (χ3n) is 5.89. The van der Waals surface area contributed by atoms with Gasteiger partial charge in [-0.15, -0.1) is 11.3 Å². The van der Waals surface area contributed by atoms with Gasteiger partial charge in [-0.1, -0.05) is 30.3 Å². The minimum Gasteiger partial charge on any atom is -0.339 e. The molecule has 0 aliphatic heterocycles. The summed E-state index contributed by atoms with van der Waals surface area (Å²) in [6, 6.07) is 13.3. The molecule has 0 bridgehead atoms. The van der Waals surface area contributed by atoms with Gasteiger partial charge in [0.25, 0.3) is 0 Å². The Hall–Kier alpha value is -2.72. The highest BCUT2D eigenvalue weighted by atomic mass is 32.1. The molecule has 5 rings (SSSR count). The first kappa shape index (κ1) is 17.4. The zero-order valence-electron chi connectivity index (χ0n) is 16.2. The number of thiophene rings is 1. The van der Waals surface area contributed by atoms with Crippen molar-refractivity contribution in [2.75, 3.05) is 5.32 Å². The molecule has 0 spiro atoms. The van der Waals surface area contributed by atoms with Crippen molar-refractivity contribution < 1.29 is 0 Å². The smallest absolute Gasteiger partial charge is 0.143 e. The Morgan fingerprint density at radius 2 is 1.82 bits per heavy atom. The van der Waals surface area contributed by atoms with E-state index in [-0.39, 0.29) is 0 Å². The number of hydrogen-bond donors (Lipinski definition) is 1. The van der Waals surface area contributed by atoms with Gasteiger partial charge in [0.05, 0.1) is 5.39 Å². The van der Waals surface area contributed by atoms with Crippen molar-refractivity contribution in [1.29, 1.82) is 0 Å². The first-order valence-electron chi connectivity index (χ1n) is 9.88. The number of nitrogens with one attached hydrogen (secondary N) is 1. The number of nitrogens with zero attached hydrogens (tertiary/aromatic N) is 2. The van der Waals surface area contributed by atoms with Crippen LogP contribution in [-0.2, 0) is 12.8 Å². The van der Waals surface area contributed by atoms with Gasteiger partial charge in [0, 0.05) is 16.6 Å². The van der Waals surface area contributed by atoms with Crippen LogP contribution in [0.15, 0.2) is 48.1 Å². The Kier molecular flexibility index (Phi) is 4.36. The molecular weight excluding hydrogens is 362 g/mol. The van der Waals surface area contributed by atoms with Crippen LogP contribution in [0.4, 0.5) is 11.5 Å². The van der Waals surface area contributed by atoms with Crippen LogP contribution in [0.1, 0.15) is 35.1 Å². The van der Waals surface area contributed by atoms with E-state index in [1.165, 1.54) is 59.1 Å². The summed E-state index contributed by atoms with van der Waals surface area (Å²) in [5, 5.41) is 6.91. The summed E-state index contributed by atoms with van der Waals surface area (Å²) in [7, 11) is 0. The first-order chi connectivity index (χ1) is 13.7. The summed E-state index contributed by atoms with van der Waals surface area (Å²) < 4.78 is 0. The van der Waals surface area contributed by atoms with Gasteiger partial charge in [-0.05, 0) is 73.4 Å². The predicted molar refractivity (Wildman–Crippen MR) is 119 cm³/mol. The molecule has 0 amide bonds. The van der Waals surface area contributed by atoms with Crippen LogP contribution < -0.4 is 5.32 Å². The molecule has 3 nitrogen and oxygen atoms in total. The molecule has 28 heavy (non-hydrogen) atoms. The second-order valence-electron chi connectivity index (χ2n) is 7.61. The van der Waals surface area contributed by atoms with Gasteiger partial charge in [-0.3, -0.25) is 0 Å². The molecule has 2 aromatic carbocycles. The maximum Gasteiger partial charge on any atom is 0.143 e. The van der Waals surface area contributed by atoms with Gasteiger partial charge in [0.2, 0.25) is 0 Å². The van der Waals surface area contributed by atoms with Crippen molar-refractivity contribution in [3.8, 4) is 11.1 Å². The summed E-state index contributed by atoms with van der Waals surface area (Å²) in [6.07, 6.45) is 6.66. The van der Waals surface area contributed by atoms with Crippen molar-refractivity contribution in [3.05, 3.63) is 70.4 Å². The Bertz CT molecular complexity index is 1180. The summed E-state index contributed by atoms with van der Waals surface area (Å²) in [6.45, 7) is 4.28. The van der Waals surface area contributed by atoms with E-state index >= 15 is 0 Å². The van der Waals surface area contributed by atoms with E-state index in [1.54, 1.807) is 17.7 Å². The van der Waals surface area contributed by atoms with Crippen molar-refractivity contribution in [2.45, 2.75) is 39.5 Å². The van der Waals surface area contributed by atoms with Crippen LogP contribution in [0.5, 0.6) is 0 Å². The molecule has 1 aliphatic rings. The number of rotatable bonds is 3. The lowest BCUT2D eigenvalue weighted by Gasteiger charge is -2.17. The largest absolute Gasteiger partial charge is 0.339 e. The maximum atomic E-state index is 4.60. The van der Waals surface area contributed by atoms with Crippen molar-refractivity contribution >= 4 is 33.1 Å². The molecule has 4 heteroatoms. The lowest BCUT2D eigenvalue weighted by atomic mass is 9.89. The van der Waals surface area contributed by atoms with Gasteiger partial charge < -0.3 is 5.32 Å². The summed E-state index contributed by atoms with van der Waals surface area (Å²) in [5.41, 5.74) is 9.13. The van der Waals surface area contributed by atoms with Gasteiger partial charge in [0.15, 0.2) is 0 Å². The number of aromatic nitrogens is 2. The quantitative estimate of drug-likeness (QED) is 0.432. The van der Waals surface area contributed by atoms with E-state index in [2.05, 4.69) is 70.9 Å². The van der Waals surface area contributed by atoms with E-state index < -0.39 is 0 Å². The van der Waals surface area contributed by atoms with Crippen LogP contribution in [-0.4, -0.2) is 9.97 Å². The standard InChI is InChI=1S/C24H23N3S/c1-15-6-5-9-21(16(15)2)27-23-22-20(13-28-24(22)26-14-25-23)19-11-10-17-7-3-4-8-18(17)12-19/h5-6,9-14H,3-4,7-8H2,1-2H3,(H,25,26,27). The van der Waals surface area contributed by atoms with Crippen LogP contribution >= 0.6 is 11.3 Å². The third-order valence-corrected chi connectivity index (χ3v) is 6.77. The molecule has 0 saturated heterocycles. The molecular formula is C24H23N3S. The normalized spacial score (nSPS) is 13.5. The topological polar surface area (TPSA) is 37.8 Å². The SMILES string of the molecule is Cc1cccc(Nc2ncnc3scc(-c4ccc5c(c4)CCCC5)c23)c1C. The number of fused-ring (bicyclic) bond motifs is 2. The van der Waals surface area contributed by atoms with Crippen molar-refractivity contribution in [1.82, 2.24) is 9.97 Å². The number of hydrogen-bond acceptors (Lipinski definition) is 4. The second-order valence-corrected chi connectivity index (χ2v) is 8.47. The van der Waals surface area contributed by atoms with Crippen molar-refractivity contribution in [3.63, 3.8) is 0 Å². The Morgan fingerprint density at radius 1 is 0.964 bits per heavy atom. The molecule has 140 valence electrons. The van der Waals surface area contributed by atoms with Gasteiger partial charge in [-0.25, -0.2) is 9.97 Å². The monoisotopic (exact) mass is 385 g/mol. The lowest BCUT2D eigenvalue weighted by Crippen LogP contribution is -2.02. The molecule has 2 heterocycles. The molecule has 2 aromatic heterocycles. The van der Waals surface area contributed by atoms with Crippen molar-refractivity contribution in [2.24, 2.45) is 0 Å². The molecule has 0 atom stereocenters. The van der Waals surface area contributed by atoms with E-state index in [0.29, 0.717) is 0 Å². The Labute approximate surface area is 169 Å². The second kappa shape index (κ2) is 7.02. The number of aryl methyl sites for hydroxylation is 3. The maximum absolute atomic E-state index is 4.60. The van der Waals surface area contributed by atoms with Gasteiger partial charge in [-0.2, -0.15) is 0 Å². The Morgan fingerprint density at radius 3 is 2.71 bits per heavy atom. The zero-order chi connectivity index (χ0) is 19.1. The molecule has 4 aromatic rings. The fraction of sp³-hybridized carbons (Fsp3) is 0.250. The minimum atomic E-state index is 0.882. The fourth-order valence-electron chi connectivity index (χ4n) is 4.10. The van der Waals surface area contributed by atoms with Crippen LogP contribution in [0.25, 0.3) is 21.3 Å². The predicted octanol–water partition coefficient (Wildman–Crippen LogP) is 6.60. The Balaban J connectivity index is 1.62. The molecule has 1 N–H and O–H groups in total. The van der Waals surface area contributed by atoms with E-state index in [4.69, 9.17) is 0 Å². The number of benzene rings is 2. The highest BCUT2D eigenvalue weighted by Gasteiger charge is 2.16. The van der Waals surface area contributed by atoms with Crippen LogP contribution in [0, 0.1) is 13.8 Å². The summed E-state index contributed by atoms with van der Waals surface area (Å²) in [4.78, 5) is 10.2. The van der Waals surface area contributed by atoms with Gasteiger partial charge >= 0.3 is 0 Å². The highest BCUT2D eigenvalue weighted by molar-refractivity contribution is 7.17. The average molecular weight is 386 g/mol. The number of anilines is 2. The van der Waals surface area contributed by atoms with Gasteiger partial charge in [0.1, 0.15) is 17.0 Å². The zero-order valence-corrected chi connectivity index (χ0v) is 17.1. The average Bonchev–Trinajstić information content (AvgIpc) is 3.16. The summed E-state index contributed by atoms with van der Waals surface area (Å²) in [5.74, 6) is 0.882. The molecule has 0 fully saturated rings. The molecule has 0 saturated carbocycles. The highest BCUT2D eigenvalue weighted by Crippen LogP contribution is 2.39. The summed E-state index contributed by atoms with van der Waals surface area (Å²) >= 11 is 1.69. The van der Waals surface area contributed by atoms with E-state index in [0.717, 1.165) is 21.7 Å². The fourth-order valence-corrected chi connectivity index (χ4v) is 5.01. The van der Waals surface area contributed by atoms with Crippen LogP contribution in [0.3, 0.4) is 0 Å². The van der Waals surface area contributed by atoms with E-state index in [9.17, 15) is 0 Å². The molecule has 0 radical (unpaired) electrons. The third kappa shape index (κ3) is 2.98. The van der Waals surface area contributed by atoms with E-state index in [1.807, 2.05) is 0 Å².